The van der Waals surface area contributed by atoms with Crippen molar-refractivity contribution in [2.24, 2.45) is 5.92 Å². The smallest absolute Gasteiger partial charge is 0.306 e. The lowest BCUT2D eigenvalue weighted by Gasteiger charge is -2.26. The van der Waals surface area contributed by atoms with Gasteiger partial charge in [-0.25, -0.2) is 0 Å². The van der Waals surface area contributed by atoms with Crippen LogP contribution >= 0.6 is 0 Å². The minimum absolute atomic E-state index is 0.0497. The first-order valence-corrected chi connectivity index (χ1v) is 8.12. The zero-order chi connectivity index (χ0) is 15.7. The molecule has 2 aliphatic rings. The average Bonchev–Trinajstić information content (AvgIpc) is 3.27. The lowest BCUT2D eigenvalue weighted by Crippen LogP contribution is -2.38. The molecule has 0 radical (unpaired) electrons. The van der Waals surface area contributed by atoms with Crippen LogP contribution < -0.4 is 5.32 Å². The molecule has 1 amide bonds. The van der Waals surface area contributed by atoms with E-state index in [1.165, 1.54) is 18.4 Å². The molecule has 1 aromatic carbocycles. The maximum absolute atomic E-state index is 12.3. The minimum atomic E-state index is -0.714. The summed E-state index contributed by atoms with van der Waals surface area (Å²) in [5, 5.41) is 12.0. The van der Waals surface area contributed by atoms with E-state index in [1.54, 1.807) is 0 Å². The summed E-state index contributed by atoms with van der Waals surface area (Å²) in [5.41, 5.74) is 2.32. The van der Waals surface area contributed by atoms with Crippen LogP contribution in [0.5, 0.6) is 0 Å². The Hall–Kier alpha value is -1.84. The van der Waals surface area contributed by atoms with Gasteiger partial charge in [0.15, 0.2) is 0 Å². The zero-order valence-electron chi connectivity index (χ0n) is 13.0. The van der Waals surface area contributed by atoms with Gasteiger partial charge in [0.05, 0.1) is 5.92 Å². The van der Waals surface area contributed by atoms with Crippen molar-refractivity contribution in [2.45, 2.75) is 56.9 Å². The number of carbonyl (C=O) groups excluding carboxylic acids is 1. The molecule has 0 bridgehead atoms. The van der Waals surface area contributed by atoms with E-state index >= 15 is 0 Å². The number of aliphatic carboxylic acids is 1. The van der Waals surface area contributed by atoms with E-state index in [0.29, 0.717) is 23.8 Å². The Labute approximate surface area is 130 Å². The van der Waals surface area contributed by atoms with Gasteiger partial charge in [0.1, 0.15) is 0 Å². The van der Waals surface area contributed by atoms with Crippen molar-refractivity contribution in [3.05, 3.63) is 35.4 Å². The van der Waals surface area contributed by atoms with Gasteiger partial charge in [0, 0.05) is 11.6 Å². The number of amides is 1. The van der Waals surface area contributed by atoms with Gasteiger partial charge in [-0.15, -0.1) is 0 Å². The lowest BCUT2D eigenvalue weighted by molar-refractivity contribution is -0.142. The van der Waals surface area contributed by atoms with Gasteiger partial charge < -0.3 is 10.4 Å². The summed E-state index contributed by atoms with van der Waals surface area (Å²) >= 11 is 0. The fourth-order valence-corrected chi connectivity index (χ4v) is 3.25. The van der Waals surface area contributed by atoms with Gasteiger partial charge >= 0.3 is 5.97 Å². The number of nitrogens with one attached hydrogen (secondary N) is 1. The maximum Gasteiger partial charge on any atom is 0.306 e. The predicted molar refractivity (Wildman–Crippen MR) is 83.9 cm³/mol. The fraction of sp³-hybridized carbons (Fsp3) is 0.556. The van der Waals surface area contributed by atoms with Crippen LogP contribution in [0, 0.1) is 5.92 Å². The molecule has 0 unspecified atom stereocenters. The fourth-order valence-electron chi connectivity index (χ4n) is 3.25. The molecule has 2 aliphatic carbocycles. The standard InChI is InChI=1S/C18H23NO3/c1-18(10-11-18)14-6-2-12(3-7-14)16(20)19-15-8-4-13(5-9-15)17(21)22/h2-3,6-7,13,15H,4-5,8-11H2,1H3,(H,19,20)(H,21,22). The van der Waals surface area contributed by atoms with Crippen molar-refractivity contribution in [1.29, 1.82) is 0 Å². The Morgan fingerprint density at radius 3 is 2.18 bits per heavy atom. The van der Waals surface area contributed by atoms with E-state index in [1.807, 2.05) is 12.1 Å². The minimum Gasteiger partial charge on any atom is -0.481 e. The number of carbonyl (C=O) groups is 2. The van der Waals surface area contributed by atoms with Crippen molar-refractivity contribution in [3.63, 3.8) is 0 Å². The third-order valence-electron chi connectivity index (χ3n) is 5.26. The summed E-state index contributed by atoms with van der Waals surface area (Å²) in [6.07, 6.45) is 5.25. The van der Waals surface area contributed by atoms with E-state index in [9.17, 15) is 9.59 Å². The summed E-state index contributed by atoms with van der Waals surface area (Å²) in [6.45, 7) is 2.25. The number of benzene rings is 1. The monoisotopic (exact) mass is 301 g/mol. The van der Waals surface area contributed by atoms with E-state index in [0.717, 1.165) is 12.8 Å². The highest BCUT2D eigenvalue weighted by molar-refractivity contribution is 5.94. The Morgan fingerprint density at radius 2 is 1.68 bits per heavy atom. The average molecular weight is 301 g/mol. The molecule has 4 heteroatoms. The Morgan fingerprint density at radius 1 is 1.09 bits per heavy atom. The molecular formula is C18H23NO3. The molecule has 1 aromatic rings. The van der Waals surface area contributed by atoms with Crippen LogP contribution in [0.3, 0.4) is 0 Å². The van der Waals surface area contributed by atoms with Crippen LogP contribution in [-0.4, -0.2) is 23.0 Å². The zero-order valence-corrected chi connectivity index (χ0v) is 13.0. The number of rotatable bonds is 4. The van der Waals surface area contributed by atoms with E-state index < -0.39 is 5.97 Å². The van der Waals surface area contributed by atoms with Gasteiger partial charge in [0.25, 0.3) is 5.91 Å². The van der Waals surface area contributed by atoms with Crippen LogP contribution in [0.4, 0.5) is 0 Å². The van der Waals surface area contributed by atoms with E-state index in [-0.39, 0.29) is 17.9 Å². The number of carboxylic acid groups (broad SMARTS) is 1. The molecule has 0 aromatic heterocycles. The largest absolute Gasteiger partial charge is 0.481 e. The normalized spacial score (nSPS) is 26.2. The summed E-state index contributed by atoms with van der Waals surface area (Å²) in [5.74, 6) is -1.01. The molecule has 0 aliphatic heterocycles. The summed E-state index contributed by atoms with van der Waals surface area (Å²) < 4.78 is 0. The Bertz CT molecular complexity index is 566. The molecule has 0 atom stereocenters. The van der Waals surface area contributed by atoms with Crippen LogP contribution in [0.1, 0.15) is 61.4 Å². The molecule has 0 spiro atoms. The SMILES string of the molecule is CC1(c2ccc(C(=O)NC3CCC(C(=O)O)CC3)cc2)CC1. The van der Waals surface area contributed by atoms with Gasteiger partial charge in [0.2, 0.25) is 0 Å². The van der Waals surface area contributed by atoms with Gasteiger partial charge in [-0.05, 0) is 61.6 Å². The van der Waals surface area contributed by atoms with Crippen molar-refractivity contribution in [1.82, 2.24) is 5.32 Å². The molecule has 0 saturated heterocycles. The topological polar surface area (TPSA) is 66.4 Å². The number of hydrogen-bond donors (Lipinski definition) is 2. The van der Waals surface area contributed by atoms with Gasteiger partial charge in [-0.1, -0.05) is 19.1 Å². The number of carboxylic acids is 1. The lowest BCUT2D eigenvalue weighted by atomic mass is 9.86. The van der Waals surface area contributed by atoms with Gasteiger partial charge in [-0.3, -0.25) is 9.59 Å². The highest BCUT2D eigenvalue weighted by Gasteiger charge is 2.38. The van der Waals surface area contributed by atoms with Crippen LogP contribution in [0.2, 0.25) is 0 Å². The van der Waals surface area contributed by atoms with E-state index in [4.69, 9.17) is 5.11 Å². The molecule has 118 valence electrons. The molecule has 2 N–H and O–H groups in total. The maximum atomic E-state index is 12.3. The van der Waals surface area contributed by atoms with Crippen molar-refractivity contribution in [3.8, 4) is 0 Å². The summed E-state index contributed by atoms with van der Waals surface area (Å²) in [6, 6.07) is 8.02. The molecule has 0 heterocycles. The quantitative estimate of drug-likeness (QED) is 0.898. The first-order chi connectivity index (χ1) is 10.5. The predicted octanol–water partition coefficient (Wildman–Crippen LogP) is 3.11. The molecular weight excluding hydrogens is 278 g/mol. The first-order valence-electron chi connectivity index (χ1n) is 8.12. The molecule has 22 heavy (non-hydrogen) atoms. The number of hydrogen-bond acceptors (Lipinski definition) is 2. The second-order valence-electron chi connectivity index (χ2n) is 7.00. The van der Waals surface area contributed by atoms with Crippen LogP contribution in [-0.2, 0) is 10.2 Å². The molecule has 4 nitrogen and oxygen atoms in total. The molecule has 2 fully saturated rings. The van der Waals surface area contributed by atoms with Crippen LogP contribution in [0.25, 0.3) is 0 Å². The third-order valence-corrected chi connectivity index (χ3v) is 5.26. The van der Waals surface area contributed by atoms with E-state index in [2.05, 4.69) is 24.4 Å². The molecule has 2 saturated carbocycles. The van der Waals surface area contributed by atoms with Gasteiger partial charge in [-0.2, -0.15) is 0 Å². The first kappa shape index (κ1) is 15.1. The Kier molecular flexibility index (Phi) is 3.94. The third kappa shape index (κ3) is 3.16. The highest BCUT2D eigenvalue weighted by atomic mass is 16.4. The van der Waals surface area contributed by atoms with Crippen molar-refractivity contribution in [2.75, 3.05) is 0 Å². The van der Waals surface area contributed by atoms with Crippen LogP contribution in [0.15, 0.2) is 24.3 Å². The molecule has 3 rings (SSSR count). The van der Waals surface area contributed by atoms with Crippen molar-refractivity contribution >= 4 is 11.9 Å². The second kappa shape index (κ2) is 5.75. The second-order valence-corrected chi connectivity index (χ2v) is 7.00. The van der Waals surface area contributed by atoms with Crippen molar-refractivity contribution < 1.29 is 14.7 Å². The summed E-state index contributed by atoms with van der Waals surface area (Å²) in [7, 11) is 0. The Balaban J connectivity index is 1.55. The highest BCUT2D eigenvalue weighted by Crippen LogP contribution is 2.47. The summed E-state index contributed by atoms with van der Waals surface area (Å²) in [4.78, 5) is 23.2.